The number of rotatable bonds is 4. The molecule has 0 saturated carbocycles. The van der Waals surface area contributed by atoms with Crippen molar-refractivity contribution in [3.63, 3.8) is 0 Å². The maximum Gasteiger partial charge on any atom is 0.333 e. The average molecular weight is 451 g/mol. The highest BCUT2D eigenvalue weighted by Gasteiger charge is 2.32. The number of carbonyl (C=O) groups is 4. The van der Waals surface area contributed by atoms with Gasteiger partial charge in [0.2, 0.25) is 0 Å². The van der Waals surface area contributed by atoms with Gasteiger partial charge in [-0.15, -0.1) is 5.06 Å². The van der Waals surface area contributed by atoms with Crippen LogP contribution in [0, 0.1) is 0 Å². The Labute approximate surface area is 195 Å². The number of hydroxylamine groups is 2. The summed E-state index contributed by atoms with van der Waals surface area (Å²) >= 11 is 0. The Morgan fingerprint density at radius 1 is 0.765 bits per heavy atom. The minimum atomic E-state index is -0.749. The van der Waals surface area contributed by atoms with E-state index in [0.717, 1.165) is 0 Å². The lowest BCUT2D eigenvalue weighted by Crippen LogP contribution is -2.31. The Morgan fingerprint density at radius 2 is 1.41 bits per heavy atom. The number of aldehydes is 1. The van der Waals surface area contributed by atoms with Crippen LogP contribution in [0.2, 0.25) is 0 Å². The summed E-state index contributed by atoms with van der Waals surface area (Å²) < 4.78 is 0. The van der Waals surface area contributed by atoms with Crippen LogP contribution in [-0.4, -0.2) is 29.1 Å². The van der Waals surface area contributed by atoms with E-state index in [-0.39, 0.29) is 25.7 Å². The van der Waals surface area contributed by atoms with E-state index in [2.05, 4.69) is 77.6 Å². The second kappa shape index (κ2) is 8.90. The fraction of sp³-hybridized carbons (Fsp3) is 0.143. The number of amides is 2. The molecule has 2 amide bonds. The standard InChI is InChI=1S/C20H12.C8H9NO5/c1-2-7-17-15(4-1)12-16-9-8-13-5-3-6-14-10-11-18(17)20(16)19(13)14;10-5-1-2-8(13)14-9-6(11)3-4-7(9)12/h1-12H;5H,1-4H2. The third-order valence-electron chi connectivity index (χ3n) is 6.04. The average Bonchev–Trinajstić information content (AvgIpc) is 3.18. The highest BCUT2D eigenvalue weighted by molar-refractivity contribution is 6.28. The van der Waals surface area contributed by atoms with Crippen LogP contribution in [0.25, 0.3) is 43.1 Å². The zero-order valence-electron chi connectivity index (χ0n) is 18.3. The van der Waals surface area contributed by atoms with Crippen molar-refractivity contribution in [3.8, 4) is 0 Å². The Hall–Kier alpha value is -4.32. The smallest absolute Gasteiger partial charge is 0.330 e. The molecule has 0 radical (unpaired) electrons. The zero-order chi connectivity index (χ0) is 23.7. The van der Waals surface area contributed by atoms with Crippen LogP contribution in [0.3, 0.4) is 0 Å². The second-order valence-electron chi connectivity index (χ2n) is 8.20. The van der Waals surface area contributed by atoms with Crippen molar-refractivity contribution in [2.75, 3.05) is 0 Å². The molecule has 6 nitrogen and oxygen atoms in total. The Morgan fingerprint density at radius 3 is 2.15 bits per heavy atom. The van der Waals surface area contributed by atoms with Crippen LogP contribution in [0.15, 0.2) is 72.8 Å². The van der Waals surface area contributed by atoms with Crippen molar-refractivity contribution in [3.05, 3.63) is 72.8 Å². The molecule has 0 aliphatic carbocycles. The lowest BCUT2D eigenvalue weighted by atomic mass is 9.91. The lowest BCUT2D eigenvalue weighted by Gasteiger charge is -2.12. The molecule has 0 N–H and O–H groups in total. The van der Waals surface area contributed by atoms with Gasteiger partial charge in [-0.25, -0.2) is 4.79 Å². The SMILES string of the molecule is O=CCCC(=O)ON1C(=O)CCC1=O.c1ccc2c(c1)cc1ccc3cccc4ccc2c1c34. The molecular weight excluding hydrogens is 430 g/mol. The van der Waals surface area contributed by atoms with E-state index in [9.17, 15) is 19.2 Å². The number of hydrogen-bond donors (Lipinski definition) is 0. The molecule has 0 unspecified atom stereocenters. The van der Waals surface area contributed by atoms with E-state index >= 15 is 0 Å². The molecular formula is C28H21NO5. The zero-order valence-corrected chi connectivity index (χ0v) is 18.3. The van der Waals surface area contributed by atoms with Gasteiger partial charge in [-0.1, -0.05) is 66.7 Å². The molecule has 1 aliphatic rings. The predicted molar refractivity (Wildman–Crippen MR) is 130 cm³/mol. The number of carbonyl (C=O) groups excluding carboxylic acids is 4. The van der Waals surface area contributed by atoms with Gasteiger partial charge in [0.1, 0.15) is 6.29 Å². The van der Waals surface area contributed by atoms with Crippen molar-refractivity contribution >= 4 is 67.2 Å². The summed E-state index contributed by atoms with van der Waals surface area (Å²) in [5, 5.41) is 11.3. The maximum absolute atomic E-state index is 11.0. The van der Waals surface area contributed by atoms with E-state index in [1.165, 1.54) is 43.1 Å². The van der Waals surface area contributed by atoms with E-state index in [1.54, 1.807) is 0 Å². The van der Waals surface area contributed by atoms with Crippen LogP contribution in [0.5, 0.6) is 0 Å². The van der Waals surface area contributed by atoms with Crippen LogP contribution < -0.4 is 0 Å². The van der Waals surface area contributed by atoms with Gasteiger partial charge in [-0.2, -0.15) is 0 Å². The molecule has 5 aromatic carbocycles. The van der Waals surface area contributed by atoms with E-state index < -0.39 is 17.8 Å². The van der Waals surface area contributed by atoms with Gasteiger partial charge in [0.05, 0.1) is 6.42 Å². The van der Waals surface area contributed by atoms with Crippen molar-refractivity contribution in [2.24, 2.45) is 0 Å². The molecule has 5 aromatic rings. The van der Waals surface area contributed by atoms with Crippen LogP contribution >= 0.6 is 0 Å². The van der Waals surface area contributed by atoms with Gasteiger partial charge >= 0.3 is 5.97 Å². The van der Waals surface area contributed by atoms with Crippen LogP contribution in [-0.2, 0) is 24.0 Å². The molecule has 1 fully saturated rings. The first-order chi connectivity index (χ1) is 16.6. The molecule has 6 heteroatoms. The molecule has 0 atom stereocenters. The normalized spacial score (nSPS) is 13.6. The largest absolute Gasteiger partial charge is 0.333 e. The minimum absolute atomic E-state index is 0.0229. The fourth-order valence-corrected chi connectivity index (χ4v) is 4.47. The summed E-state index contributed by atoms with van der Waals surface area (Å²) in [6.07, 6.45) is 0.601. The monoisotopic (exact) mass is 451 g/mol. The summed E-state index contributed by atoms with van der Waals surface area (Å²) in [6.45, 7) is 0. The molecule has 0 spiro atoms. The van der Waals surface area contributed by atoms with Crippen molar-refractivity contribution in [2.45, 2.75) is 25.7 Å². The van der Waals surface area contributed by atoms with Gasteiger partial charge in [-0.05, 0) is 49.2 Å². The van der Waals surface area contributed by atoms with Gasteiger partial charge in [0.15, 0.2) is 0 Å². The molecule has 0 aromatic heterocycles. The van der Waals surface area contributed by atoms with Crippen LogP contribution in [0.4, 0.5) is 0 Å². The predicted octanol–water partition coefficient (Wildman–Crippen LogP) is 5.31. The molecule has 0 bridgehead atoms. The summed E-state index contributed by atoms with van der Waals surface area (Å²) in [6, 6.07) is 26.5. The number of imide groups is 1. The molecule has 6 rings (SSSR count). The second-order valence-corrected chi connectivity index (χ2v) is 8.20. The number of hydrogen-bond acceptors (Lipinski definition) is 5. The first-order valence-corrected chi connectivity index (χ1v) is 11.1. The molecule has 168 valence electrons. The Balaban J connectivity index is 0.000000153. The summed E-state index contributed by atoms with van der Waals surface area (Å²) in [5.41, 5.74) is 0. The first-order valence-electron chi connectivity index (χ1n) is 11.1. The van der Waals surface area contributed by atoms with Gasteiger partial charge in [0.25, 0.3) is 11.8 Å². The van der Waals surface area contributed by atoms with E-state index in [1.807, 2.05) is 0 Å². The highest BCUT2D eigenvalue weighted by Crippen LogP contribution is 2.38. The molecule has 34 heavy (non-hydrogen) atoms. The van der Waals surface area contributed by atoms with Crippen molar-refractivity contribution in [1.82, 2.24) is 5.06 Å². The summed E-state index contributed by atoms with van der Waals surface area (Å²) in [5.74, 6) is -1.79. The first kappa shape index (κ1) is 21.5. The lowest BCUT2D eigenvalue weighted by molar-refractivity contribution is -0.197. The topological polar surface area (TPSA) is 80.8 Å². The third-order valence-corrected chi connectivity index (χ3v) is 6.04. The fourth-order valence-electron chi connectivity index (χ4n) is 4.47. The Kier molecular flexibility index (Phi) is 5.64. The minimum Gasteiger partial charge on any atom is -0.330 e. The quantitative estimate of drug-likeness (QED) is 0.160. The van der Waals surface area contributed by atoms with Gasteiger partial charge < -0.3 is 9.63 Å². The summed E-state index contributed by atoms with van der Waals surface area (Å²) in [7, 11) is 0. The molecule has 1 saturated heterocycles. The molecule has 1 aliphatic heterocycles. The van der Waals surface area contributed by atoms with Crippen molar-refractivity contribution < 1.29 is 24.0 Å². The molecule has 1 heterocycles. The van der Waals surface area contributed by atoms with Crippen LogP contribution in [0.1, 0.15) is 25.7 Å². The Bertz CT molecular complexity index is 1540. The van der Waals surface area contributed by atoms with E-state index in [0.29, 0.717) is 11.3 Å². The number of fused-ring (bicyclic) bond motifs is 2. The number of benzene rings is 5. The third kappa shape index (κ3) is 3.83. The maximum atomic E-state index is 11.0. The van der Waals surface area contributed by atoms with Gasteiger partial charge in [0, 0.05) is 19.3 Å². The van der Waals surface area contributed by atoms with E-state index in [4.69, 9.17) is 0 Å². The number of nitrogens with zero attached hydrogens (tertiary/aromatic N) is 1. The summed E-state index contributed by atoms with van der Waals surface area (Å²) in [4.78, 5) is 47.2. The van der Waals surface area contributed by atoms with Gasteiger partial charge in [-0.3, -0.25) is 9.59 Å². The highest BCUT2D eigenvalue weighted by atomic mass is 16.7. The van der Waals surface area contributed by atoms with Crippen molar-refractivity contribution in [1.29, 1.82) is 0 Å².